The monoisotopic (exact) mass is 353 g/mol. The fourth-order valence-corrected chi connectivity index (χ4v) is 3.44. The second-order valence-electron chi connectivity index (χ2n) is 6.64. The van der Waals surface area contributed by atoms with Crippen LogP contribution in [0.4, 0.5) is 0 Å². The SMILES string of the molecule is N[C@@H](CCC(=O)O)CCC(=O)OCC1c2ccccc2-c2ccccc21. The van der Waals surface area contributed by atoms with Gasteiger partial charge in [0.15, 0.2) is 0 Å². The van der Waals surface area contributed by atoms with Crippen molar-refractivity contribution in [2.45, 2.75) is 37.6 Å². The van der Waals surface area contributed by atoms with E-state index in [0.717, 1.165) is 0 Å². The van der Waals surface area contributed by atoms with E-state index in [-0.39, 0.29) is 30.8 Å². The van der Waals surface area contributed by atoms with Gasteiger partial charge in [-0.25, -0.2) is 0 Å². The first-order valence-corrected chi connectivity index (χ1v) is 8.87. The molecule has 0 aliphatic heterocycles. The van der Waals surface area contributed by atoms with E-state index in [1.165, 1.54) is 22.3 Å². The van der Waals surface area contributed by atoms with Crippen molar-refractivity contribution in [3.8, 4) is 11.1 Å². The zero-order valence-corrected chi connectivity index (χ0v) is 14.6. The molecule has 0 radical (unpaired) electrons. The van der Waals surface area contributed by atoms with Crippen molar-refractivity contribution in [2.75, 3.05) is 6.61 Å². The summed E-state index contributed by atoms with van der Waals surface area (Å²) in [5, 5.41) is 8.66. The van der Waals surface area contributed by atoms with Gasteiger partial charge in [-0.1, -0.05) is 48.5 Å². The molecule has 2 aromatic carbocycles. The predicted octanol–water partition coefficient (Wildman–Crippen LogP) is 3.31. The fourth-order valence-electron chi connectivity index (χ4n) is 3.44. The highest BCUT2D eigenvalue weighted by molar-refractivity contribution is 5.79. The molecule has 1 atom stereocenters. The highest BCUT2D eigenvalue weighted by Gasteiger charge is 2.28. The molecule has 1 aliphatic rings. The molecule has 0 fully saturated rings. The predicted molar refractivity (Wildman–Crippen MR) is 98.8 cm³/mol. The number of hydrogen-bond donors (Lipinski definition) is 2. The van der Waals surface area contributed by atoms with Gasteiger partial charge < -0.3 is 15.6 Å². The maximum atomic E-state index is 12.1. The zero-order valence-electron chi connectivity index (χ0n) is 14.6. The minimum atomic E-state index is -0.874. The maximum Gasteiger partial charge on any atom is 0.305 e. The first kappa shape index (κ1) is 18.1. The summed E-state index contributed by atoms with van der Waals surface area (Å²) < 4.78 is 5.50. The third-order valence-corrected chi connectivity index (χ3v) is 4.82. The highest BCUT2D eigenvalue weighted by Crippen LogP contribution is 2.44. The van der Waals surface area contributed by atoms with Crippen LogP contribution in [-0.4, -0.2) is 29.7 Å². The van der Waals surface area contributed by atoms with Gasteiger partial charge in [0.1, 0.15) is 6.61 Å². The first-order chi connectivity index (χ1) is 12.6. The standard InChI is InChI=1S/C21H23NO4/c22-14(9-11-20(23)24)10-12-21(25)26-13-19-17-7-3-1-5-15(17)16-6-2-4-8-18(16)19/h1-8,14,19H,9-13,22H2,(H,23,24)/t14-/m0/s1. The lowest BCUT2D eigenvalue weighted by Gasteiger charge is -2.15. The van der Waals surface area contributed by atoms with Gasteiger partial charge in [-0.15, -0.1) is 0 Å². The number of nitrogens with two attached hydrogens (primary N) is 1. The molecular formula is C21H23NO4. The third kappa shape index (κ3) is 4.11. The lowest BCUT2D eigenvalue weighted by Crippen LogP contribution is -2.23. The molecule has 136 valence electrons. The summed E-state index contributed by atoms with van der Waals surface area (Å²) in [4.78, 5) is 22.6. The lowest BCUT2D eigenvalue weighted by molar-refractivity contribution is -0.144. The minimum absolute atomic E-state index is 0.0197. The Balaban J connectivity index is 1.56. The normalized spacial score (nSPS) is 13.7. The lowest BCUT2D eigenvalue weighted by atomic mass is 9.98. The summed E-state index contributed by atoms with van der Waals surface area (Å²) in [6, 6.07) is 16.1. The third-order valence-electron chi connectivity index (χ3n) is 4.82. The molecular weight excluding hydrogens is 330 g/mol. The van der Waals surface area contributed by atoms with Crippen LogP contribution in [0.5, 0.6) is 0 Å². The molecule has 0 aromatic heterocycles. The Morgan fingerprint density at radius 1 is 0.962 bits per heavy atom. The Bertz CT molecular complexity index is 757. The van der Waals surface area contributed by atoms with Crippen LogP contribution in [-0.2, 0) is 14.3 Å². The molecule has 0 spiro atoms. The van der Waals surface area contributed by atoms with E-state index in [2.05, 4.69) is 24.3 Å². The molecule has 0 saturated heterocycles. The molecule has 3 rings (SSSR count). The molecule has 0 bridgehead atoms. The Hall–Kier alpha value is -2.66. The second kappa shape index (κ2) is 8.15. The summed E-state index contributed by atoms with van der Waals surface area (Å²) >= 11 is 0. The molecule has 1 aliphatic carbocycles. The Morgan fingerprint density at radius 2 is 1.50 bits per heavy atom. The van der Waals surface area contributed by atoms with Crippen LogP contribution in [0.1, 0.15) is 42.7 Å². The van der Waals surface area contributed by atoms with Crippen LogP contribution in [0, 0.1) is 0 Å². The smallest absolute Gasteiger partial charge is 0.305 e. The number of carbonyl (C=O) groups is 2. The largest absolute Gasteiger partial charge is 0.481 e. The molecule has 26 heavy (non-hydrogen) atoms. The molecule has 0 amide bonds. The Labute approximate surface area is 152 Å². The summed E-state index contributed by atoms with van der Waals surface area (Å²) in [6.07, 6.45) is 1.03. The van der Waals surface area contributed by atoms with Crippen molar-refractivity contribution in [1.82, 2.24) is 0 Å². The van der Waals surface area contributed by atoms with E-state index < -0.39 is 5.97 Å². The van der Waals surface area contributed by atoms with E-state index in [4.69, 9.17) is 15.6 Å². The van der Waals surface area contributed by atoms with Gasteiger partial charge in [0.25, 0.3) is 0 Å². The Morgan fingerprint density at radius 3 is 2.08 bits per heavy atom. The van der Waals surface area contributed by atoms with Gasteiger partial charge in [-0.2, -0.15) is 0 Å². The summed E-state index contributed by atoms with van der Waals surface area (Å²) in [5.74, 6) is -1.12. The van der Waals surface area contributed by atoms with Crippen LogP contribution in [0.15, 0.2) is 48.5 Å². The highest BCUT2D eigenvalue weighted by atomic mass is 16.5. The second-order valence-corrected chi connectivity index (χ2v) is 6.64. The first-order valence-electron chi connectivity index (χ1n) is 8.87. The number of carbonyl (C=O) groups excluding carboxylic acids is 1. The van der Waals surface area contributed by atoms with Crippen LogP contribution in [0.25, 0.3) is 11.1 Å². The Kier molecular flexibility index (Phi) is 5.68. The molecule has 5 heteroatoms. The molecule has 3 N–H and O–H groups in total. The number of fused-ring (bicyclic) bond motifs is 3. The molecule has 0 saturated carbocycles. The van der Waals surface area contributed by atoms with Crippen molar-refractivity contribution < 1.29 is 19.4 Å². The maximum absolute atomic E-state index is 12.1. The van der Waals surface area contributed by atoms with Gasteiger partial charge in [-0.3, -0.25) is 9.59 Å². The van der Waals surface area contributed by atoms with Crippen LogP contribution >= 0.6 is 0 Å². The summed E-state index contributed by atoms with van der Waals surface area (Å²) in [5.41, 5.74) is 10.6. The van der Waals surface area contributed by atoms with Crippen LogP contribution in [0.2, 0.25) is 0 Å². The number of hydrogen-bond acceptors (Lipinski definition) is 4. The number of aliphatic carboxylic acids is 1. The minimum Gasteiger partial charge on any atom is -0.481 e. The van der Waals surface area contributed by atoms with Gasteiger partial charge in [0, 0.05) is 24.8 Å². The van der Waals surface area contributed by atoms with E-state index in [1.807, 2.05) is 24.3 Å². The molecule has 2 aromatic rings. The van der Waals surface area contributed by atoms with Crippen molar-refractivity contribution in [1.29, 1.82) is 0 Å². The molecule has 0 heterocycles. The average Bonchev–Trinajstić information content (AvgIpc) is 2.97. The number of benzene rings is 2. The number of carboxylic acid groups (broad SMARTS) is 1. The topological polar surface area (TPSA) is 89.6 Å². The van der Waals surface area contributed by atoms with Crippen LogP contribution < -0.4 is 5.73 Å². The van der Waals surface area contributed by atoms with Gasteiger partial charge in [0.05, 0.1) is 0 Å². The zero-order chi connectivity index (χ0) is 18.5. The van der Waals surface area contributed by atoms with Gasteiger partial charge in [0.2, 0.25) is 0 Å². The summed E-state index contributed by atoms with van der Waals surface area (Å²) in [6.45, 7) is 0.303. The number of ether oxygens (including phenoxy) is 1. The van der Waals surface area contributed by atoms with Gasteiger partial charge >= 0.3 is 11.9 Å². The van der Waals surface area contributed by atoms with Crippen molar-refractivity contribution in [2.24, 2.45) is 5.73 Å². The number of esters is 1. The van der Waals surface area contributed by atoms with E-state index in [9.17, 15) is 9.59 Å². The van der Waals surface area contributed by atoms with Crippen molar-refractivity contribution in [3.63, 3.8) is 0 Å². The summed E-state index contributed by atoms with van der Waals surface area (Å²) in [7, 11) is 0. The van der Waals surface area contributed by atoms with Crippen molar-refractivity contribution in [3.05, 3.63) is 59.7 Å². The van der Waals surface area contributed by atoms with E-state index in [0.29, 0.717) is 19.4 Å². The van der Waals surface area contributed by atoms with Gasteiger partial charge in [-0.05, 0) is 35.1 Å². The number of rotatable bonds is 8. The van der Waals surface area contributed by atoms with Crippen LogP contribution in [0.3, 0.4) is 0 Å². The quantitative estimate of drug-likeness (QED) is 0.711. The molecule has 5 nitrogen and oxygen atoms in total. The van der Waals surface area contributed by atoms with Crippen molar-refractivity contribution >= 4 is 11.9 Å². The molecule has 0 unspecified atom stereocenters. The number of carboxylic acids is 1. The van der Waals surface area contributed by atoms with E-state index >= 15 is 0 Å². The average molecular weight is 353 g/mol. The van der Waals surface area contributed by atoms with E-state index in [1.54, 1.807) is 0 Å². The fraction of sp³-hybridized carbons (Fsp3) is 0.333.